The molecule has 0 amide bonds. The minimum Gasteiger partial charge on any atom is -0.310 e. The number of hydrogen-bond donors (Lipinski definition) is 1. The van der Waals surface area contributed by atoms with Crippen molar-refractivity contribution in [3.05, 3.63) is 59.4 Å². The van der Waals surface area contributed by atoms with Crippen molar-refractivity contribution in [3.8, 4) is 11.1 Å². The first kappa shape index (κ1) is 13.2. The normalized spacial score (nSPS) is 14.6. The molecule has 0 spiro atoms. The largest absolute Gasteiger partial charge is 0.310 e. The Labute approximate surface area is 115 Å². The second-order valence-corrected chi connectivity index (χ2v) is 5.12. The lowest BCUT2D eigenvalue weighted by molar-refractivity contribution is 0.582. The summed E-state index contributed by atoms with van der Waals surface area (Å²) in [5.74, 6) is -1.69. The monoisotopic (exact) mass is 277 g/mol. The standard InChI is InChI=1S/C16H14F3N/c17-13-5-12(6-14(18)8-13)10-1-2-11(16(19)7-10)9-20-15-3-4-15/h1-2,5-8,15,20H,3-4,9H2. The second-order valence-electron chi connectivity index (χ2n) is 5.12. The average molecular weight is 277 g/mol. The van der Waals surface area contributed by atoms with Gasteiger partial charge >= 0.3 is 0 Å². The summed E-state index contributed by atoms with van der Waals surface area (Å²) in [7, 11) is 0. The van der Waals surface area contributed by atoms with E-state index < -0.39 is 11.6 Å². The lowest BCUT2D eigenvalue weighted by Gasteiger charge is -2.08. The number of benzene rings is 2. The maximum atomic E-state index is 14.0. The Morgan fingerprint density at radius 1 is 0.900 bits per heavy atom. The molecular formula is C16H14F3N. The molecule has 4 heteroatoms. The van der Waals surface area contributed by atoms with Crippen LogP contribution in [0.25, 0.3) is 11.1 Å². The summed E-state index contributed by atoms with van der Waals surface area (Å²) in [4.78, 5) is 0. The smallest absolute Gasteiger partial charge is 0.128 e. The molecule has 104 valence electrons. The minimum absolute atomic E-state index is 0.336. The summed E-state index contributed by atoms with van der Waals surface area (Å²) in [6.45, 7) is 0.480. The molecular weight excluding hydrogens is 263 g/mol. The molecule has 0 bridgehead atoms. The fourth-order valence-corrected chi connectivity index (χ4v) is 2.13. The van der Waals surface area contributed by atoms with Crippen molar-refractivity contribution in [2.24, 2.45) is 0 Å². The van der Waals surface area contributed by atoms with Crippen LogP contribution in [0.4, 0.5) is 13.2 Å². The summed E-state index contributed by atoms with van der Waals surface area (Å²) in [5.41, 5.74) is 1.37. The van der Waals surface area contributed by atoms with E-state index in [0.29, 0.717) is 29.3 Å². The van der Waals surface area contributed by atoms with Gasteiger partial charge in [-0.15, -0.1) is 0 Å². The van der Waals surface area contributed by atoms with E-state index in [9.17, 15) is 13.2 Å². The van der Waals surface area contributed by atoms with Gasteiger partial charge in [0.1, 0.15) is 17.5 Å². The lowest BCUT2D eigenvalue weighted by Crippen LogP contribution is -2.16. The highest BCUT2D eigenvalue weighted by Crippen LogP contribution is 2.25. The van der Waals surface area contributed by atoms with Crippen LogP contribution in [0.2, 0.25) is 0 Å². The Hall–Kier alpha value is -1.81. The van der Waals surface area contributed by atoms with E-state index in [2.05, 4.69) is 5.32 Å². The van der Waals surface area contributed by atoms with E-state index in [1.165, 1.54) is 18.2 Å². The van der Waals surface area contributed by atoms with Gasteiger partial charge in [-0.25, -0.2) is 13.2 Å². The number of nitrogens with one attached hydrogen (secondary N) is 1. The van der Waals surface area contributed by atoms with Crippen LogP contribution in [0.3, 0.4) is 0 Å². The maximum absolute atomic E-state index is 14.0. The first-order valence-electron chi connectivity index (χ1n) is 6.60. The predicted octanol–water partition coefficient (Wildman–Crippen LogP) is 4.02. The molecule has 0 radical (unpaired) electrons. The Morgan fingerprint density at radius 2 is 1.60 bits per heavy atom. The summed E-state index contributed by atoms with van der Waals surface area (Å²) < 4.78 is 40.3. The lowest BCUT2D eigenvalue weighted by atomic mass is 10.0. The number of halogens is 3. The van der Waals surface area contributed by atoms with E-state index in [1.807, 2.05) is 0 Å². The van der Waals surface area contributed by atoms with E-state index >= 15 is 0 Å². The van der Waals surface area contributed by atoms with Crippen molar-refractivity contribution in [1.82, 2.24) is 5.32 Å². The van der Waals surface area contributed by atoms with Crippen molar-refractivity contribution in [2.75, 3.05) is 0 Å². The second kappa shape index (κ2) is 5.29. The molecule has 0 unspecified atom stereocenters. The number of rotatable bonds is 4. The quantitative estimate of drug-likeness (QED) is 0.890. The van der Waals surface area contributed by atoms with Gasteiger partial charge in [-0.2, -0.15) is 0 Å². The molecule has 0 saturated heterocycles. The third-order valence-electron chi connectivity index (χ3n) is 3.41. The molecule has 0 aromatic heterocycles. The van der Waals surface area contributed by atoms with E-state index in [4.69, 9.17) is 0 Å². The fraction of sp³-hybridized carbons (Fsp3) is 0.250. The Balaban J connectivity index is 1.84. The van der Waals surface area contributed by atoms with Gasteiger partial charge in [0.05, 0.1) is 0 Å². The fourth-order valence-electron chi connectivity index (χ4n) is 2.13. The highest BCUT2D eigenvalue weighted by atomic mass is 19.1. The van der Waals surface area contributed by atoms with Crippen LogP contribution < -0.4 is 5.32 Å². The third kappa shape index (κ3) is 3.02. The highest BCUT2D eigenvalue weighted by Gasteiger charge is 2.20. The Bertz CT molecular complexity index is 615. The first-order valence-corrected chi connectivity index (χ1v) is 6.60. The molecule has 3 rings (SSSR count). The molecule has 1 nitrogen and oxygen atoms in total. The summed E-state index contributed by atoms with van der Waals surface area (Å²) in [6, 6.07) is 8.35. The summed E-state index contributed by atoms with van der Waals surface area (Å²) in [5, 5.41) is 3.23. The van der Waals surface area contributed by atoms with Gasteiger partial charge in [-0.3, -0.25) is 0 Å². The van der Waals surface area contributed by atoms with Crippen molar-refractivity contribution in [3.63, 3.8) is 0 Å². The van der Waals surface area contributed by atoms with Crippen LogP contribution >= 0.6 is 0 Å². The molecule has 1 fully saturated rings. The van der Waals surface area contributed by atoms with Crippen LogP contribution in [-0.4, -0.2) is 6.04 Å². The van der Waals surface area contributed by atoms with E-state index in [-0.39, 0.29) is 5.82 Å². The Kier molecular flexibility index (Phi) is 3.49. The molecule has 20 heavy (non-hydrogen) atoms. The first-order chi connectivity index (χ1) is 9.61. The third-order valence-corrected chi connectivity index (χ3v) is 3.41. The molecule has 0 atom stereocenters. The van der Waals surface area contributed by atoms with Crippen molar-refractivity contribution in [1.29, 1.82) is 0 Å². The minimum atomic E-state index is -0.667. The SMILES string of the molecule is Fc1cc(F)cc(-c2ccc(CNC3CC3)c(F)c2)c1. The predicted molar refractivity (Wildman–Crippen MR) is 71.6 cm³/mol. The van der Waals surface area contributed by atoms with Crippen LogP contribution in [-0.2, 0) is 6.54 Å². The zero-order valence-electron chi connectivity index (χ0n) is 10.8. The zero-order chi connectivity index (χ0) is 14.1. The van der Waals surface area contributed by atoms with Crippen molar-refractivity contribution < 1.29 is 13.2 Å². The van der Waals surface area contributed by atoms with Gasteiger partial charge < -0.3 is 5.32 Å². The maximum Gasteiger partial charge on any atom is 0.128 e. The molecule has 0 heterocycles. The number of hydrogen-bond acceptors (Lipinski definition) is 1. The van der Waals surface area contributed by atoms with Crippen LogP contribution in [0.5, 0.6) is 0 Å². The molecule has 2 aromatic carbocycles. The van der Waals surface area contributed by atoms with E-state index in [0.717, 1.165) is 18.9 Å². The molecule has 1 saturated carbocycles. The van der Waals surface area contributed by atoms with E-state index in [1.54, 1.807) is 12.1 Å². The molecule has 1 N–H and O–H groups in total. The average Bonchev–Trinajstić information content (AvgIpc) is 3.20. The topological polar surface area (TPSA) is 12.0 Å². The van der Waals surface area contributed by atoms with Gasteiger partial charge in [0.15, 0.2) is 0 Å². The van der Waals surface area contributed by atoms with Crippen LogP contribution in [0.15, 0.2) is 36.4 Å². The van der Waals surface area contributed by atoms with Gasteiger partial charge in [-0.1, -0.05) is 12.1 Å². The van der Waals surface area contributed by atoms with Crippen molar-refractivity contribution in [2.45, 2.75) is 25.4 Å². The molecule has 1 aliphatic rings. The van der Waals surface area contributed by atoms with Crippen LogP contribution in [0.1, 0.15) is 18.4 Å². The van der Waals surface area contributed by atoms with Crippen molar-refractivity contribution >= 4 is 0 Å². The summed E-state index contributed by atoms with van der Waals surface area (Å²) in [6.07, 6.45) is 2.28. The Morgan fingerprint density at radius 3 is 2.20 bits per heavy atom. The van der Waals surface area contributed by atoms with Gasteiger partial charge in [0.25, 0.3) is 0 Å². The highest BCUT2D eigenvalue weighted by molar-refractivity contribution is 5.64. The van der Waals surface area contributed by atoms with Gasteiger partial charge in [0.2, 0.25) is 0 Å². The summed E-state index contributed by atoms with van der Waals surface area (Å²) >= 11 is 0. The molecule has 0 aliphatic heterocycles. The van der Waals surface area contributed by atoms with Gasteiger partial charge in [-0.05, 0) is 42.2 Å². The molecule has 2 aromatic rings. The zero-order valence-corrected chi connectivity index (χ0v) is 10.8. The van der Waals surface area contributed by atoms with Gasteiger partial charge in [0, 0.05) is 24.2 Å². The van der Waals surface area contributed by atoms with Crippen LogP contribution in [0, 0.1) is 17.5 Å². The molecule has 1 aliphatic carbocycles.